The molecule has 1 fully saturated rings. The Hall–Kier alpha value is -1.66. The van der Waals surface area contributed by atoms with Gasteiger partial charge in [-0.05, 0) is 18.9 Å². The summed E-state index contributed by atoms with van der Waals surface area (Å²) in [6.45, 7) is 1.85. The van der Waals surface area contributed by atoms with Crippen LogP contribution >= 0.6 is 0 Å². The molecular formula is C13H18FN3O2. The fourth-order valence-corrected chi connectivity index (χ4v) is 2.12. The molecule has 0 spiro atoms. The first-order chi connectivity index (χ1) is 9.22. The maximum absolute atomic E-state index is 14.1. The van der Waals surface area contributed by atoms with Gasteiger partial charge in [-0.3, -0.25) is 0 Å². The summed E-state index contributed by atoms with van der Waals surface area (Å²) in [6.07, 6.45) is 2.05. The Labute approximate surface area is 111 Å². The lowest BCUT2D eigenvalue weighted by Gasteiger charge is -2.23. The molecule has 1 heterocycles. The zero-order valence-electron chi connectivity index (χ0n) is 10.6. The van der Waals surface area contributed by atoms with Crippen LogP contribution in [0.25, 0.3) is 0 Å². The molecule has 19 heavy (non-hydrogen) atoms. The summed E-state index contributed by atoms with van der Waals surface area (Å²) in [4.78, 5) is 0. The SMILES string of the molecule is N/C(=N/O)c1cccc(CNC2CCCOC2)c1F. The largest absolute Gasteiger partial charge is 0.409 e. The Bertz CT molecular complexity index is 459. The number of benzene rings is 1. The highest BCUT2D eigenvalue weighted by Gasteiger charge is 2.15. The van der Waals surface area contributed by atoms with E-state index in [0.717, 1.165) is 19.4 Å². The third kappa shape index (κ3) is 3.42. The molecular weight excluding hydrogens is 249 g/mol. The molecule has 6 heteroatoms. The van der Waals surface area contributed by atoms with Gasteiger partial charge in [-0.2, -0.15) is 0 Å². The lowest BCUT2D eigenvalue weighted by atomic mass is 10.1. The van der Waals surface area contributed by atoms with Crippen LogP contribution in [-0.4, -0.2) is 30.3 Å². The summed E-state index contributed by atoms with van der Waals surface area (Å²) in [5, 5.41) is 14.7. The van der Waals surface area contributed by atoms with Crippen molar-refractivity contribution in [1.29, 1.82) is 0 Å². The Morgan fingerprint density at radius 2 is 2.42 bits per heavy atom. The zero-order valence-corrected chi connectivity index (χ0v) is 10.6. The third-order valence-electron chi connectivity index (χ3n) is 3.20. The van der Waals surface area contributed by atoms with Gasteiger partial charge in [0.1, 0.15) is 5.82 Å². The third-order valence-corrected chi connectivity index (χ3v) is 3.20. The van der Waals surface area contributed by atoms with E-state index in [1.807, 2.05) is 0 Å². The fraction of sp³-hybridized carbons (Fsp3) is 0.462. The van der Waals surface area contributed by atoms with E-state index in [1.54, 1.807) is 12.1 Å². The molecule has 0 aromatic heterocycles. The lowest BCUT2D eigenvalue weighted by molar-refractivity contribution is 0.0698. The van der Waals surface area contributed by atoms with Crippen molar-refractivity contribution in [2.75, 3.05) is 13.2 Å². The number of nitrogens with two attached hydrogens (primary N) is 1. The number of nitrogens with zero attached hydrogens (tertiary/aromatic N) is 1. The maximum Gasteiger partial charge on any atom is 0.173 e. The van der Waals surface area contributed by atoms with Gasteiger partial charge in [-0.15, -0.1) is 0 Å². The van der Waals surface area contributed by atoms with E-state index < -0.39 is 5.82 Å². The molecule has 1 aliphatic heterocycles. The Kier molecular flexibility index (Phi) is 4.70. The summed E-state index contributed by atoms with van der Waals surface area (Å²) in [6, 6.07) is 5.10. The van der Waals surface area contributed by atoms with E-state index in [0.29, 0.717) is 18.7 Å². The Morgan fingerprint density at radius 1 is 1.58 bits per heavy atom. The van der Waals surface area contributed by atoms with Gasteiger partial charge in [-0.25, -0.2) is 4.39 Å². The molecule has 0 aliphatic carbocycles. The highest BCUT2D eigenvalue weighted by atomic mass is 19.1. The topological polar surface area (TPSA) is 79.9 Å². The van der Waals surface area contributed by atoms with Crippen LogP contribution in [0.1, 0.15) is 24.0 Å². The standard InChI is InChI=1S/C13H18FN3O2/c14-12-9(3-1-5-11(12)13(15)17-18)7-16-10-4-2-6-19-8-10/h1,3,5,10,16,18H,2,4,6-8H2,(H2,15,17). The van der Waals surface area contributed by atoms with Crippen molar-refractivity contribution in [3.8, 4) is 0 Å². The molecule has 0 radical (unpaired) electrons. The van der Waals surface area contributed by atoms with Crippen LogP contribution in [0.3, 0.4) is 0 Å². The van der Waals surface area contributed by atoms with E-state index in [-0.39, 0.29) is 17.4 Å². The van der Waals surface area contributed by atoms with Gasteiger partial charge in [0.05, 0.1) is 12.2 Å². The average Bonchev–Trinajstić information content (AvgIpc) is 2.46. The first-order valence-corrected chi connectivity index (χ1v) is 6.28. The van der Waals surface area contributed by atoms with E-state index in [1.165, 1.54) is 6.07 Å². The van der Waals surface area contributed by atoms with E-state index in [9.17, 15) is 4.39 Å². The summed E-state index contributed by atoms with van der Waals surface area (Å²) in [5.74, 6) is -0.678. The molecule has 104 valence electrons. The average molecular weight is 267 g/mol. The van der Waals surface area contributed by atoms with Crippen LogP contribution in [0, 0.1) is 5.82 Å². The first-order valence-electron chi connectivity index (χ1n) is 6.28. The van der Waals surface area contributed by atoms with Gasteiger partial charge < -0.3 is 21.0 Å². The molecule has 5 nitrogen and oxygen atoms in total. The van der Waals surface area contributed by atoms with Crippen LogP contribution in [-0.2, 0) is 11.3 Å². The zero-order chi connectivity index (χ0) is 13.7. The van der Waals surface area contributed by atoms with Crippen molar-refractivity contribution in [3.05, 3.63) is 35.1 Å². The second-order valence-electron chi connectivity index (χ2n) is 4.56. The molecule has 1 aromatic rings. The van der Waals surface area contributed by atoms with Crippen molar-refractivity contribution in [2.24, 2.45) is 10.9 Å². The molecule has 2 rings (SSSR count). The molecule has 0 saturated carbocycles. The van der Waals surface area contributed by atoms with Crippen LogP contribution < -0.4 is 11.1 Å². The van der Waals surface area contributed by atoms with Gasteiger partial charge in [0, 0.05) is 24.8 Å². The lowest BCUT2D eigenvalue weighted by Crippen LogP contribution is -2.36. The van der Waals surface area contributed by atoms with Gasteiger partial charge in [0.2, 0.25) is 0 Å². The van der Waals surface area contributed by atoms with Crippen molar-refractivity contribution in [2.45, 2.75) is 25.4 Å². The Morgan fingerprint density at radius 3 is 3.11 bits per heavy atom. The number of ether oxygens (including phenoxy) is 1. The minimum absolute atomic E-state index is 0.113. The molecule has 4 N–H and O–H groups in total. The number of hydrogen-bond acceptors (Lipinski definition) is 4. The summed E-state index contributed by atoms with van der Waals surface area (Å²) in [5.41, 5.74) is 6.03. The van der Waals surface area contributed by atoms with Crippen LogP contribution in [0.5, 0.6) is 0 Å². The molecule has 0 amide bonds. The van der Waals surface area contributed by atoms with Crippen molar-refractivity contribution >= 4 is 5.84 Å². The number of amidine groups is 1. The van der Waals surface area contributed by atoms with Gasteiger partial charge in [0.25, 0.3) is 0 Å². The Balaban J connectivity index is 2.04. The van der Waals surface area contributed by atoms with Crippen molar-refractivity contribution in [1.82, 2.24) is 5.32 Å². The second kappa shape index (κ2) is 6.49. The van der Waals surface area contributed by atoms with E-state index in [2.05, 4.69) is 10.5 Å². The maximum atomic E-state index is 14.1. The quantitative estimate of drug-likeness (QED) is 0.331. The fourth-order valence-electron chi connectivity index (χ4n) is 2.12. The predicted octanol–water partition coefficient (Wildman–Crippen LogP) is 1.19. The van der Waals surface area contributed by atoms with Crippen LogP contribution in [0.15, 0.2) is 23.4 Å². The highest BCUT2D eigenvalue weighted by Crippen LogP contribution is 2.14. The number of oxime groups is 1. The minimum atomic E-state index is -0.456. The van der Waals surface area contributed by atoms with Crippen molar-refractivity contribution < 1.29 is 14.3 Å². The number of halogens is 1. The molecule has 1 aromatic carbocycles. The molecule has 1 atom stereocenters. The van der Waals surface area contributed by atoms with Crippen molar-refractivity contribution in [3.63, 3.8) is 0 Å². The van der Waals surface area contributed by atoms with Crippen LogP contribution in [0.4, 0.5) is 4.39 Å². The highest BCUT2D eigenvalue weighted by molar-refractivity contribution is 5.97. The normalized spacial score (nSPS) is 20.5. The first kappa shape index (κ1) is 13.8. The van der Waals surface area contributed by atoms with Gasteiger partial charge >= 0.3 is 0 Å². The summed E-state index contributed by atoms with van der Waals surface area (Å²) < 4.78 is 19.5. The number of hydrogen-bond donors (Lipinski definition) is 3. The summed E-state index contributed by atoms with van der Waals surface area (Å²) in [7, 11) is 0. The minimum Gasteiger partial charge on any atom is -0.409 e. The second-order valence-corrected chi connectivity index (χ2v) is 4.56. The van der Waals surface area contributed by atoms with Crippen LogP contribution in [0.2, 0.25) is 0 Å². The molecule has 1 aliphatic rings. The number of rotatable bonds is 4. The van der Waals surface area contributed by atoms with Gasteiger partial charge in [0.15, 0.2) is 5.84 Å². The van der Waals surface area contributed by atoms with E-state index in [4.69, 9.17) is 15.7 Å². The summed E-state index contributed by atoms with van der Waals surface area (Å²) >= 11 is 0. The monoisotopic (exact) mass is 267 g/mol. The molecule has 1 unspecified atom stereocenters. The molecule has 1 saturated heterocycles. The van der Waals surface area contributed by atoms with Gasteiger partial charge in [-0.1, -0.05) is 17.3 Å². The number of nitrogens with one attached hydrogen (secondary N) is 1. The smallest absolute Gasteiger partial charge is 0.173 e. The van der Waals surface area contributed by atoms with E-state index >= 15 is 0 Å². The molecule has 0 bridgehead atoms. The predicted molar refractivity (Wildman–Crippen MR) is 69.6 cm³/mol.